The van der Waals surface area contributed by atoms with Crippen molar-refractivity contribution in [3.63, 3.8) is 0 Å². The van der Waals surface area contributed by atoms with Crippen molar-refractivity contribution < 1.29 is 4.79 Å². The molecule has 4 aromatic carbocycles. The Morgan fingerprint density at radius 2 is 1.16 bits per heavy atom. The number of hydrazone groups is 1. The lowest BCUT2D eigenvalue weighted by molar-refractivity contribution is 0.0957. The highest BCUT2D eigenvalue weighted by atomic mass is 16.1. The maximum atomic E-state index is 13.9. The first kappa shape index (κ1) is 19.0. The minimum atomic E-state index is -0.470. The maximum Gasteiger partial charge on any atom is 0.188 e. The lowest BCUT2D eigenvalue weighted by Crippen LogP contribution is -2.39. The predicted octanol–water partition coefficient (Wildman–Crippen LogP) is 5.95. The standard InChI is InChI=1S/C28H22N2O/c31-28(23-17-9-3-10-18-23)27-25(21-13-5-1-6-14-21)26(22-15-7-2-8-16-22)29-30(27)24-19-11-4-12-20-24/h1-20,25,27H/t25-,27-/m1/s1. The van der Waals surface area contributed by atoms with Crippen molar-refractivity contribution in [3.05, 3.63) is 138 Å². The largest absolute Gasteiger partial charge is 0.292 e. The zero-order valence-electron chi connectivity index (χ0n) is 17.0. The van der Waals surface area contributed by atoms with Gasteiger partial charge in [-0.3, -0.25) is 9.80 Å². The lowest BCUT2D eigenvalue weighted by atomic mass is 9.82. The molecule has 4 aromatic rings. The molecule has 1 aliphatic rings. The summed E-state index contributed by atoms with van der Waals surface area (Å²) >= 11 is 0. The second-order valence-corrected chi connectivity index (χ2v) is 7.59. The highest BCUT2D eigenvalue weighted by molar-refractivity contribution is 6.15. The SMILES string of the molecule is O=C(c1ccccc1)[C@H]1[C@H](c2ccccc2)C(c2ccccc2)=NN1c1ccccc1. The smallest absolute Gasteiger partial charge is 0.188 e. The van der Waals surface area contributed by atoms with E-state index in [1.54, 1.807) is 0 Å². The number of hydrogen-bond acceptors (Lipinski definition) is 3. The molecule has 0 aliphatic carbocycles. The Balaban J connectivity index is 1.70. The Kier molecular flexibility index (Phi) is 5.16. The van der Waals surface area contributed by atoms with Crippen LogP contribution in [0, 0.1) is 0 Å². The van der Waals surface area contributed by atoms with Gasteiger partial charge in [0.1, 0.15) is 6.04 Å². The Morgan fingerprint density at radius 3 is 1.77 bits per heavy atom. The number of benzene rings is 4. The number of anilines is 1. The van der Waals surface area contributed by atoms with Crippen LogP contribution in [0.3, 0.4) is 0 Å². The van der Waals surface area contributed by atoms with Crippen molar-refractivity contribution in [1.82, 2.24) is 0 Å². The van der Waals surface area contributed by atoms with Gasteiger partial charge in [-0.15, -0.1) is 0 Å². The average molecular weight is 402 g/mol. The van der Waals surface area contributed by atoms with E-state index in [2.05, 4.69) is 24.3 Å². The molecule has 150 valence electrons. The fraction of sp³-hybridized carbons (Fsp3) is 0.0714. The number of para-hydroxylation sites is 1. The van der Waals surface area contributed by atoms with Crippen LogP contribution in [0.1, 0.15) is 27.4 Å². The first-order valence-corrected chi connectivity index (χ1v) is 10.5. The number of Topliss-reactive ketones (excluding diaryl/α,β-unsaturated/α-hetero) is 1. The molecule has 1 aliphatic heterocycles. The fourth-order valence-corrected chi connectivity index (χ4v) is 4.21. The molecule has 0 saturated carbocycles. The van der Waals surface area contributed by atoms with Gasteiger partial charge in [0.15, 0.2) is 5.78 Å². The van der Waals surface area contributed by atoms with E-state index in [-0.39, 0.29) is 11.7 Å². The molecule has 0 N–H and O–H groups in total. The molecule has 31 heavy (non-hydrogen) atoms. The zero-order valence-corrected chi connectivity index (χ0v) is 17.0. The van der Waals surface area contributed by atoms with E-state index < -0.39 is 6.04 Å². The minimum absolute atomic E-state index is 0.0630. The van der Waals surface area contributed by atoms with E-state index in [1.807, 2.05) is 102 Å². The molecule has 3 nitrogen and oxygen atoms in total. The van der Waals surface area contributed by atoms with Crippen molar-refractivity contribution in [2.45, 2.75) is 12.0 Å². The van der Waals surface area contributed by atoms with Gasteiger partial charge >= 0.3 is 0 Å². The third kappa shape index (κ3) is 3.66. The summed E-state index contributed by atoms with van der Waals surface area (Å²) in [7, 11) is 0. The summed E-state index contributed by atoms with van der Waals surface area (Å²) < 4.78 is 0. The van der Waals surface area contributed by atoms with E-state index in [4.69, 9.17) is 5.10 Å². The monoisotopic (exact) mass is 402 g/mol. The first-order chi connectivity index (χ1) is 15.3. The van der Waals surface area contributed by atoms with Crippen molar-refractivity contribution in [3.8, 4) is 0 Å². The van der Waals surface area contributed by atoms with Gasteiger partial charge in [-0.2, -0.15) is 5.10 Å². The number of carbonyl (C=O) groups is 1. The van der Waals surface area contributed by atoms with Gasteiger partial charge in [0, 0.05) is 5.56 Å². The van der Waals surface area contributed by atoms with Crippen LogP contribution in [0.2, 0.25) is 0 Å². The quantitative estimate of drug-likeness (QED) is 0.387. The van der Waals surface area contributed by atoms with E-state index in [9.17, 15) is 4.79 Å². The van der Waals surface area contributed by atoms with Crippen LogP contribution in [0.5, 0.6) is 0 Å². The van der Waals surface area contributed by atoms with Crippen LogP contribution in [0.15, 0.2) is 126 Å². The van der Waals surface area contributed by atoms with Gasteiger partial charge in [-0.1, -0.05) is 109 Å². The summed E-state index contributed by atoms with van der Waals surface area (Å²) in [4.78, 5) is 13.9. The Morgan fingerprint density at radius 1 is 0.645 bits per heavy atom. The van der Waals surface area contributed by atoms with Gasteiger partial charge in [0.05, 0.1) is 17.3 Å². The van der Waals surface area contributed by atoms with Gasteiger partial charge in [-0.05, 0) is 23.3 Å². The normalized spacial score (nSPS) is 17.9. The second-order valence-electron chi connectivity index (χ2n) is 7.59. The summed E-state index contributed by atoms with van der Waals surface area (Å²) in [6, 6.07) is 39.4. The lowest BCUT2D eigenvalue weighted by Gasteiger charge is -2.27. The summed E-state index contributed by atoms with van der Waals surface area (Å²) in [6.45, 7) is 0. The van der Waals surface area contributed by atoms with E-state index in [0.717, 1.165) is 22.5 Å². The van der Waals surface area contributed by atoms with Crippen LogP contribution < -0.4 is 5.01 Å². The number of carbonyl (C=O) groups excluding carboxylic acids is 1. The minimum Gasteiger partial charge on any atom is -0.292 e. The molecule has 3 heteroatoms. The molecule has 0 saturated heterocycles. The topological polar surface area (TPSA) is 32.7 Å². The average Bonchev–Trinajstić information content (AvgIpc) is 3.26. The number of nitrogens with zero attached hydrogens (tertiary/aromatic N) is 2. The summed E-state index contributed by atoms with van der Waals surface area (Å²) in [5.41, 5.74) is 4.62. The van der Waals surface area contributed by atoms with Crippen molar-refractivity contribution in [1.29, 1.82) is 0 Å². The number of rotatable bonds is 5. The van der Waals surface area contributed by atoms with Crippen molar-refractivity contribution in [2.75, 3.05) is 5.01 Å². The molecule has 2 atom stereocenters. The van der Waals surface area contributed by atoms with Gasteiger partial charge in [-0.25, -0.2) is 0 Å². The van der Waals surface area contributed by atoms with Crippen LogP contribution in [0.4, 0.5) is 5.69 Å². The molecule has 0 spiro atoms. The second kappa shape index (κ2) is 8.41. The molecule has 0 aromatic heterocycles. The molecule has 0 unspecified atom stereocenters. The van der Waals surface area contributed by atoms with Gasteiger partial charge in [0.2, 0.25) is 0 Å². The van der Waals surface area contributed by atoms with Crippen LogP contribution in [-0.4, -0.2) is 17.5 Å². The third-order valence-electron chi connectivity index (χ3n) is 5.67. The Bertz CT molecular complexity index is 1190. The predicted molar refractivity (Wildman–Crippen MR) is 126 cm³/mol. The zero-order chi connectivity index (χ0) is 21.0. The van der Waals surface area contributed by atoms with E-state index in [1.165, 1.54) is 0 Å². The van der Waals surface area contributed by atoms with Gasteiger partial charge in [0.25, 0.3) is 0 Å². The Labute approximate surface area is 182 Å². The molecule has 5 rings (SSSR count). The summed E-state index contributed by atoms with van der Waals surface area (Å²) in [6.07, 6.45) is 0. The molecule has 0 amide bonds. The van der Waals surface area contributed by atoms with Gasteiger partial charge < -0.3 is 0 Å². The summed E-state index contributed by atoms with van der Waals surface area (Å²) in [5, 5.41) is 6.94. The van der Waals surface area contributed by atoms with Crippen LogP contribution in [0.25, 0.3) is 0 Å². The fourth-order valence-electron chi connectivity index (χ4n) is 4.21. The molecule has 0 radical (unpaired) electrons. The van der Waals surface area contributed by atoms with E-state index >= 15 is 0 Å². The number of hydrogen-bond donors (Lipinski definition) is 0. The highest BCUT2D eigenvalue weighted by Crippen LogP contribution is 2.38. The van der Waals surface area contributed by atoms with E-state index in [0.29, 0.717) is 5.56 Å². The highest BCUT2D eigenvalue weighted by Gasteiger charge is 2.44. The molecular weight excluding hydrogens is 380 g/mol. The van der Waals surface area contributed by atoms with Crippen molar-refractivity contribution >= 4 is 17.2 Å². The maximum absolute atomic E-state index is 13.9. The van der Waals surface area contributed by atoms with Crippen LogP contribution in [-0.2, 0) is 0 Å². The molecule has 0 fully saturated rings. The molecule has 1 heterocycles. The third-order valence-corrected chi connectivity index (χ3v) is 5.67. The van der Waals surface area contributed by atoms with Crippen molar-refractivity contribution in [2.24, 2.45) is 5.10 Å². The molecular formula is C28H22N2O. The molecule has 0 bridgehead atoms. The summed E-state index contributed by atoms with van der Waals surface area (Å²) in [5.74, 6) is -0.121. The number of ketones is 1. The Hall–Kier alpha value is -3.98. The van der Waals surface area contributed by atoms with Crippen LogP contribution >= 0.6 is 0 Å². The first-order valence-electron chi connectivity index (χ1n) is 10.5.